The molecule has 3 amide bonds. The standard InChI is InChI=1S/C12H15N3O5/c13-10(16)5-6-14-12(19)15-8-1-3-9(4-2-8)20-7-11(17)18/h1-4H,5-7H2,(H2,13,16)(H,17,18)(H2,14,15,19). The van der Waals surface area contributed by atoms with Gasteiger partial charge >= 0.3 is 12.0 Å². The van der Waals surface area contributed by atoms with Crippen molar-refractivity contribution in [2.45, 2.75) is 6.42 Å². The second kappa shape index (κ2) is 7.62. The van der Waals surface area contributed by atoms with Gasteiger partial charge in [0.1, 0.15) is 5.75 Å². The first kappa shape index (κ1) is 15.3. The predicted molar refractivity (Wildman–Crippen MR) is 70.4 cm³/mol. The van der Waals surface area contributed by atoms with Gasteiger partial charge in [0.2, 0.25) is 5.91 Å². The van der Waals surface area contributed by atoms with E-state index in [1.54, 1.807) is 12.1 Å². The van der Waals surface area contributed by atoms with Gasteiger partial charge in [-0.1, -0.05) is 0 Å². The molecule has 8 heteroatoms. The van der Waals surface area contributed by atoms with Gasteiger partial charge in [0.25, 0.3) is 0 Å². The van der Waals surface area contributed by atoms with Crippen LogP contribution in [0.15, 0.2) is 24.3 Å². The number of ether oxygens (including phenoxy) is 1. The van der Waals surface area contributed by atoms with Gasteiger partial charge in [-0.3, -0.25) is 4.79 Å². The summed E-state index contributed by atoms with van der Waals surface area (Å²) in [7, 11) is 0. The number of carbonyl (C=O) groups is 3. The molecule has 1 aromatic carbocycles. The van der Waals surface area contributed by atoms with Gasteiger partial charge in [-0.25, -0.2) is 9.59 Å². The number of benzene rings is 1. The number of urea groups is 1. The lowest BCUT2D eigenvalue weighted by Crippen LogP contribution is -2.31. The Morgan fingerprint density at radius 1 is 1.20 bits per heavy atom. The van der Waals surface area contributed by atoms with E-state index in [4.69, 9.17) is 15.6 Å². The predicted octanol–water partition coefficient (Wildman–Crippen LogP) is 0.147. The molecule has 0 saturated heterocycles. The summed E-state index contributed by atoms with van der Waals surface area (Å²) < 4.78 is 4.94. The zero-order valence-electron chi connectivity index (χ0n) is 10.6. The van der Waals surface area contributed by atoms with Crippen LogP contribution in [0.4, 0.5) is 10.5 Å². The molecule has 0 heterocycles. The fraction of sp³-hybridized carbons (Fsp3) is 0.250. The van der Waals surface area contributed by atoms with E-state index in [-0.39, 0.29) is 13.0 Å². The molecule has 20 heavy (non-hydrogen) atoms. The minimum Gasteiger partial charge on any atom is -0.482 e. The minimum atomic E-state index is -1.07. The van der Waals surface area contributed by atoms with Crippen LogP contribution in [0.2, 0.25) is 0 Å². The zero-order valence-corrected chi connectivity index (χ0v) is 10.6. The fourth-order valence-corrected chi connectivity index (χ4v) is 1.25. The molecule has 0 saturated carbocycles. The molecule has 0 aromatic heterocycles. The number of hydrogen-bond donors (Lipinski definition) is 4. The fourth-order valence-electron chi connectivity index (χ4n) is 1.25. The van der Waals surface area contributed by atoms with Crippen LogP contribution in [0.3, 0.4) is 0 Å². The van der Waals surface area contributed by atoms with E-state index in [2.05, 4.69) is 10.6 Å². The lowest BCUT2D eigenvalue weighted by atomic mass is 10.3. The highest BCUT2D eigenvalue weighted by Crippen LogP contribution is 2.15. The number of nitrogens with two attached hydrogens (primary N) is 1. The van der Waals surface area contributed by atoms with Crippen LogP contribution < -0.4 is 21.1 Å². The van der Waals surface area contributed by atoms with Crippen molar-refractivity contribution >= 4 is 23.6 Å². The molecular weight excluding hydrogens is 266 g/mol. The van der Waals surface area contributed by atoms with Crippen LogP contribution in [-0.2, 0) is 9.59 Å². The number of primary amides is 1. The number of hydrogen-bond acceptors (Lipinski definition) is 4. The van der Waals surface area contributed by atoms with Gasteiger partial charge in [0.15, 0.2) is 6.61 Å². The van der Waals surface area contributed by atoms with Crippen molar-refractivity contribution < 1.29 is 24.2 Å². The number of amides is 3. The van der Waals surface area contributed by atoms with Crippen molar-refractivity contribution in [1.82, 2.24) is 5.32 Å². The lowest BCUT2D eigenvalue weighted by molar-refractivity contribution is -0.139. The Balaban J connectivity index is 2.38. The quantitative estimate of drug-likeness (QED) is 0.565. The van der Waals surface area contributed by atoms with Gasteiger partial charge < -0.3 is 26.2 Å². The smallest absolute Gasteiger partial charge is 0.341 e. The van der Waals surface area contributed by atoms with E-state index >= 15 is 0 Å². The number of aliphatic carboxylic acids is 1. The molecule has 0 unspecified atom stereocenters. The Morgan fingerprint density at radius 3 is 2.40 bits per heavy atom. The van der Waals surface area contributed by atoms with E-state index in [1.165, 1.54) is 12.1 Å². The molecule has 8 nitrogen and oxygen atoms in total. The third-order valence-electron chi connectivity index (χ3n) is 2.13. The third kappa shape index (κ3) is 6.24. The highest BCUT2D eigenvalue weighted by molar-refractivity contribution is 5.89. The summed E-state index contributed by atoms with van der Waals surface area (Å²) in [6, 6.07) is 5.71. The van der Waals surface area contributed by atoms with Gasteiger partial charge in [-0.05, 0) is 24.3 Å². The molecule has 5 N–H and O–H groups in total. The van der Waals surface area contributed by atoms with Crippen molar-refractivity contribution in [3.63, 3.8) is 0 Å². The minimum absolute atomic E-state index is 0.0649. The van der Waals surface area contributed by atoms with Crippen molar-refractivity contribution in [1.29, 1.82) is 0 Å². The number of carboxylic acids is 1. The molecule has 0 atom stereocenters. The Labute approximate surface area is 114 Å². The van der Waals surface area contributed by atoms with Crippen LogP contribution in [0, 0.1) is 0 Å². The maximum absolute atomic E-state index is 11.4. The SMILES string of the molecule is NC(=O)CCNC(=O)Nc1ccc(OCC(=O)O)cc1. The molecule has 1 rings (SSSR count). The summed E-state index contributed by atoms with van der Waals surface area (Å²) in [5.41, 5.74) is 5.44. The average molecular weight is 281 g/mol. The van der Waals surface area contributed by atoms with Gasteiger partial charge in [0.05, 0.1) is 0 Å². The van der Waals surface area contributed by atoms with E-state index in [1.807, 2.05) is 0 Å². The molecule has 108 valence electrons. The normalized spacial score (nSPS) is 9.60. The lowest BCUT2D eigenvalue weighted by Gasteiger charge is -2.08. The molecule has 1 aromatic rings. The molecule has 0 aliphatic carbocycles. The first-order chi connectivity index (χ1) is 9.47. The highest BCUT2D eigenvalue weighted by Gasteiger charge is 2.03. The Hall–Kier alpha value is -2.77. The van der Waals surface area contributed by atoms with Crippen LogP contribution in [0.5, 0.6) is 5.75 Å². The third-order valence-corrected chi connectivity index (χ3v) is 2.13. The molecule has 0 aliphatic heterocycles. The maximum atomic E-state index is 11.4. The number of carbonyl (C=O) groups excluding carboxylic acids is 2. The summed E-state index contributed by atoms with van der Waals surface area (Å²) in [4.78, 5) is 32.2. The molecule has 0 aliphatic rings. The van der Waals surface area contributed by atoms with Crippen molar-refractivity contribution in [2.24, 2.45) is 5.73 Å². The Bertz CT molecular complexity index is 486. The second-order valence-corrected chi connectivity index (χ2v) is 3.80. The molecule has 0 fully saturated rings. The van der Waals surface area contributed by atoms with Crippen molar-refractivity contribution in [3.05, 3.63) is 24.3 Å². The largest absolute Gasteiger partial charge is 0.482 e. The van der Waals surface area contributed by atoms with E-state index in [0.717, 1.165) is 0 Å². The topological polar surface area (TPSA) is 131 Å². The Morgan fingerprint density at radius 2 is 1.85 bits per heavy atom. The summed E-state index contributed by atoms with van der Waals surface area (Å²) in [5, 5.41) is 13.4. The first-order valence-corrected chi connectivity index (χ1v) is 5.75. The zero-order chi connectivity index (χ0) is 15.0. The van der Waals surface area contributed by atoms with Gasteiger partial charge in [-0.15, -0.1) is 0 Å². The molecule has 0 bridgehead atoms. The summed E-state index contributed by atoms with van der Waals surface area (Å²) >= 11 is 0. The Kier molecular flexibility index (Phi) is 5.82. The van der Waals surface area contributed by atoms with Crippen molar-refractivity contribution in [2.75, 3.05) is 18.5 Å². The average Bonchev–Trinajstić information content (AvgIpc) is 2.37. The summed E-state index contributed by atoms with van der Waals surface area (Å²) in [6.45, 7) is -0.276. The van der Waals surface area contributed by atoms with Gasteiger partial charge in [-0.2, -0.15) is 0 Å². The van der Waals surface area contributed by atoms with Crippen LogP contribution in [0.1, 0.15) is 6.42 Å². The number of nitrogens with one attached hydrogen (secondary N) is 2. The van der Waals surface area contributed by atoms with E-state index < -0.39 is 24.5 Å². The summed E-state index contributed by atoms with van der Waals surface area (Å²) in [5.74, 6) is -1.18. The number of anilines is 1. The molecular formula is C12H15N3O5. The highest BCUT2D eigenvalue weighted by atomic mass is 16.5. The monoisotopic (exact) mass is 281 g/mol. The van der Waals surface area contributed by atoms with Crippen LogP contribution in [0.25, 0.3) is 0 Å². The maximum Gasteiger partial charge on any atom is 0.341 e. The number of rotatable bonds is 7. The van der Waals surface area contributed by atoms with Crippen LogP contribution in [-0.4, -0.2) is 36.2 Å². The van der Waals surface area contributed by atoms with Crippen molar-refractivity contribution in [3.8, 4) is 5.75 Å². The van der Waals surface area contributed by atoms with E-state index in [9.17, 15) is 14.4 Å². The second-order valence-electron chi connectivity index (χ2n) is 3.80. The number of carboxylic acid groups (broad SMARTS) is 1. The van der Waals surface area contributed by atoms with Gasteiger partial charge in [0, 0.05) is 18.7 Å². The molecule has 0 spiro atoms. The van der Waals surface area contributed by atoms with E-state index in [0.29, 0.717) is 11.4 Å². The summed E-state index contributed by atoms with van der Waals surface area (Å²) in [6.07, 6.45) is 0.0649. The van der Waals surface area contributed by atoms with Crippen LogP contribution >= 0.6 is 0 Å². The molecule has 0 radical (unpaired) electrons. The first-order valence-electron chi connectivity index (χ1n) is 5.75.